The molecule has 2 rings (SSSR count). The molecule has 17 heavy (non-hydrogen) atoms. The quantitative estimate of drug-likeness (QED) is 0.636. The number of benzene rings is 1. The molecule has 6 heteroatoms. The van der Waals surface area contributed by atoms with Crippen LogP contribution in [0.15, 0.2) is 18.2 Å². The van der Waals surface area contributed by atoms with Crippen molar-refractivity contribution < 1.29 is 20.1 Å². The normalized spacial score (nSPS) is 28.2. The van der Waals surface area contributed by atoms with Gasteiger partial charge in [0, 0.05) is 17.4 Å². The van der Waals surface area contributed by atoms with E-state index in [-0.39, 0.29) is 16.9 Å². The number of hydrogen-bond acceptors (Lipinski definition) is 5. The first-order valence-corrected chi connectivity index (χ1v) is 6.12. The summed E-state index contributed by atoms with van der Waals surface area (Å²) >= 11 is 1.42. The molecule has 5 nitrogen and oxygen atoms in total. The minimum absolute atomic E-state index is 0.0183. The van der Waals surface area contributed by atoms with E-state index in [9.17, 15) is 15.0 Å². The number of nitrogens with one attached hydrogen (secondary N) is 1. The molecular formula is C11H13NO4S. The molecule has 0 spiro atoms. The topological polar surface area (TPSA) is 89.8 Å². The van der Waals surface area contributed by atoms with Gasteiger partial charge in [0.1, 0.15) is 17.0 Å². The molecule has 1 saturated heterocycles. The average molecular weight is 255 g/mol. The Labute approximate surface area is 102 Å². The molecule has 1 aromatic carbocycles. The zero-order valence-corrected chi connectivity index (χ0v) is 9.99. The molecular weight excluding hydrogens is 242 g/mol. The molecule has 2 atom stereocenters. The maximum absolute atomic E-state index is 11.1. The predicted molar refractivity (Wildman–Crippen MR) is 64.1 cm³/mol. The summed E-state index contributed by atoms with van der Waals surface area (Å²) in [5.41, 5.74) is -0.405. The van der Waals surface area contributed by atoms with Crippen LogP contribution in [0.2, 0.25) is 0 Å². The van der Waals surface area contributed by atoms with E-state index in [4.69, 9.17) is 5.11 Å². The molecule has 4 N–H and O–H groups in total. The number of phenols is 2. The lowest BCUT2D eigenvalue weighted by molar-refractivity contribution is -0.142. The lowest BCUT2D eigenvalue weighted by atomic mass is 10.1. The van der Waals surface area contributed by atoms with E-state index in [2.05, 4.69) is 5.32 Å². The van der Waals surface area contributed by atoms with E-state index >= 15 is 0 Å². The van der Waals surface area contributed by atoms with E-state index in [0.29, 0.717) is 11.3 Å². The number of carboxylic acid groups (broad SMARTS) is 1. The summed E-state index contributed by atoms with van der Waals surface area (Å²) in [5.74, 6) is -0.543. The number of carbonyl (C=O) groups is 1. The Morgan fingerprint density at radius 2 is 2.24 bits per heavy atom. The highest BCUT2D eigenvalue weighted by atomic mass is 32.2. The van der Waals surface area contributed by atoms with Crippen LogP contribution < -0.4 is 5.32 Å². The van der Waals surface area contributed by atoms with Crippen molar-refractivity contribution >= 4 is 17.7 Å². The molecule has 0 amide bonds. The Hall–Kier alpha value is -1.40. The third-order valence-electron chi connectivity index (χ3n) is 2.76. The van der Waals surface area contributed by atoms with Gasteiger partial charge >= 0.3 is 5.97 Å². The van der Waals surface area contributed by atoms with Gasteiger partial charge in [-0.15, -0.1) is 11.8 Å². The fourth-order valence-electron chi connectivity index (χ4n) is 1.67. The molecule has 1 fully saturated rings. The molecule has 1 aliphatic heterocycles. The maximum atomic E-state index is 11.1. The molecule has 0 bridgehead atoms. The first kappa shape index (κ1) is 12.1. The molecule has 0 saturated carbocycles. The van der Waals surface area contributed by atoms with E-state index in [1.54, 1.807) is 13.0 Å². The van der Waals surface area contributed by atoms with Crippen molar-refractivity contribution in [3.63, 3.8) is 0 Å². The summed E-state index contributed by atoms with van der Waals surface area (Å²) in [4.78, 5) is 11.1. The average Bonchev–Trinajstić information content (AvgIpc) is 2.62. The highest BCUT2D eigenvalue weighted by Gasteiger charge is 2.42. The maximum Gasteiger partial charge on any atom is 0.324 e. The third kappa shape index (κ3) is 2.18. The Morgan fingerprint density at radius 3 is 2.76 bits per heavy atom. The number of carboxylic acids is 1. The summed E-state index contributed by atoms with van der Waals surface area (Å²) in [5, 5.41) is 30.6. The van der Waals surface area contributed by atoms with E-state index in [1.807, 2.05) is 0 Å². The van der Waals surface area contributed by atoms with Crippen LogP contribution in [0.25, 0.3) is 0 Å². The number of thioether (sulfide) groups is 1. The smallest absolute Gasteiger partial charge is 0.324 e. The highest BCUT2D eigenvalue weighted by Crippen LogP contribution is 2.41. The zero-order valence-electron chi connectivity index (χ0n) is 9.17. The van der Waals surface area contributed by atoms with Crippen LogP contribution in [-0.4, -0.2) is 32.6 Å². The van der Waals surface area contributed by atoms with Crippen molar-refractivity contribution in [2.45, 2.75) is 17.8 Å². The van der Waals surface area contributed by atoms with Gasteiger partial charge in [-0.25, -0.2) is 0 Å². The molecule has 1 aliphatic rings. The monoisotopic (exact) mass is 255 g/mol. The minimum Gasteiger partial charge on any atom is -0.508 e. The number of hydrogen-bond donors (Lipinski definition) is 4. The summed E-state index contributed by atoms with van der Waals surface area (Å²) in [6.07, 6.45) is 0. The number of rotatable bonds is 2. The molecule has 1 aromatic rings. The summed E-state index contributed by atoms with van der Waals surface area (Å²) in [6.45, 7) is 1.61. The van der Waals surface area contributed by atoms with Crippen molar-refractivity contribution in [1.82, 2.24) is 5.32 Å². The Morgan fingerprint density at radius 1 is 1.53 bits per heavy atom. The van der Waals surface area contributed by atoms with Crippen molar-refractivity contribution in [1.29, 1.82) is 0 Å². The van der Waals surface area contributed by atoms with Gasteiger partial charge in [0.25, 0.3) is 0 Å². The highest BCUT2D eigenvalue weighted by molar-refractivity contribution is 7.99. The van der Waals surface area contributed by atoms with Gasteiger partial charge < -0.3 is 15.3 Å². The van der Waals surface area contributed by atoms with Crippen LogP contribution in [0.5, 0.6) is 11.5 Å². The van der Waals surface area contributed by atoms with E-state index < -0.39 is 11.5 Å². The number of aliphatic carboxylic acids is 1. The van der Waals surface area contributed by atoms with Crippen molar-refractivity contribution in [2.75, 3.05) is 5.75 Å². The third-order valence-corrected chi connectivity index (χ3v) is 4.21. The second kappa shape index (κ2) is 4.12. The van der Waals surface area contributed by atoms with Crippen LogP contribution in [0.3, 0.4) is 0 Å². The van der Waals surface area contributed by atoms with Crippen molar-refractivity contribution in [3.05, 3.63) is 23.8 Å². The van der Waals surface area contributed by atoms with Crippen molar-refractivity contribution in [3.8, 4) is 11.5 Å². The van der Waals surface area contributed by atoms with Gasteiger partial charge in [0.15, 0.2) is 0 Å². The first-order chi connectivity index (χ1) is 7.92. The molecule has 92 valence electrons. The fourth-order valence-corrected chi connectivity index (χ4v) is 3.10. The van der Waals surface area contributed by atoms with Gasteiger partial charge in [0.2, 0.25) is 0 Å². The Bertz CT molecular complexity index is 465. The second-order valence-electron chi connectivity index (χ2n) is 4.22. The van der Waals surface area contributed by atoms with Gasteiger partial charge in [-0.2, -0.15) is 0 Å². The minimum atomic E-state index is -0.986. The first-order valence-electron chi connectivity index (χ1n) is 5.07. The largest absolute Gasteiger partial charge is 0.508 e. The molecule has 2 unspecified atom stereocenters. The van der Waals surface area contributed by atoms with Gasteiger partial charge in [-0.05, 0) is 19.1 Å². The van der Waals surface area contributed by atoms with E-state index in [1.165, 1.54) is 23.9 Å². The zero-order chi connectivity index (χ0) is 12.6. The van der Waals surface area contributed by atoms with Gasteiger partial charge in [0.05, 0.1) is 5.37 Å². The lowest BCUT2D eigenvalue weighted by Gasteiger charge is -2.20. The summed E-state index contributed by atoms with van der Waals surface area (Å²) in [6, 6.07) is 4.30. The van der Waals surface area contributed by atoms with E-state index in [0.717, 1.165) is 0 Å². The molecule has 0 aliphatic carbocycles. The summed E-state index contributed by atoms with van der Waals surface area (Å²) in [7, 11) is 0. The fraction of sp³-hybridized carbons (Fsp3) is 0.364. The van der Waals surface area contributed by atoms with Crippen LogP contribution in [0.4, 0.5) is 0 Å². The summed E-state index contributed by atoms with van der Waals surface area (Å²) < 4.78 is 0. The van der Waals surface area contributed by atoms with Crippen LogP contribution in [0.1, 0.15) is 17.9 Å². The molecule has 0 radical (unpaired) electrons. The Kier molecular flexibility index (Phi) is 2.92. The van der Waals surface area contributed by atoms with Crippen molar-refractivity contribution in [2.24, 2.45) is 0 Å². The SMILES string of the molecule is CC1(C(=O)O)CSC(c2ccc(O)cc2O)N1. The predicted octanol–water partition coefficient (Wildman–Crippen LogP) is 1.28. The van der Waals surface area contributed by atoms with Gasteiger partial charge in [-0.1, -0.05) is 0 Å². The second-order valence-corrected chi connectivity index (χ2v) is 5.31. The molecule has 0 aromatic heterocycles. The molecule has 1 heterocycles. The number of aromatic hydroxyl groups is 2. The standard InChI is InChI=1S/C11H13NO4S/c1-11(10(15)16)5-17-9(12-11)7-3-2-6(13)4-8(7)14/h2-4,9,12-14H,5H2,1H3,(H,15,16). The van der Waals surface area contributed by atoms with Crippen LogP contribution in [-0.2, 0) is 4.79 Å². The van der Waals surface area contributed by atoms with Crippen LogP contribution in [0, 0.1) is 0 Å². The Balaban J connectivity index is 2.24. The number of phenolic OH excluding ortho intramolecular Hbond substituents is 2. The van der Waals surface area contributed by atoms with Crippen LogP contribution >= 0.6 is 11.8 Å². The van der Waals surface area contributed by atoms with Gasteiger partial charge in [-0.3, -0.25) is 10.1 Å². The lowest BCUT2D eigenvalue weighted by Crippen LogP contribution is -2.47.